The minimum atomic E-state index is -1.79. The first-order valence-electron chi connectivity index (χ1n) is 28.9. The molecule has 14 nitrogen and oxygen atoms in total. The van der Waals surface area contributed by atoms with Crippen LogP contribution in [0.25, 0.3) is 0 Å². The fraction of sp³-hybridized carbons (Fsp3) is 0.845. The number of ether oxygens (including phenoxy) is 4. The fourth-order valence-electron chi connectivity index (χ4n) is 9.26. The van der Waals surface area contributed by atoms with E-state index in [-0.39, 0.29) is 18.9 Å². The quantitative estimate of drug-likeness (QED) is 0.0205. The lowest BCUT2D eigenvalue weighted by molar-refractivity contribution is -0.359. The smallest absolute Gasteiger partial charge is 0.220 e. The van der Waals surface area contributed by atoms with Crippen molar-refractivity contribution in [2.75, 3.05) is 19.8 Å². The normalized spacial score (nSPS) is 25.9. The molecule has 0 bridgehead atoms. The van der Waals surface area contributed by atoms with Gasteiger partial charge in [-0.15, -0.1) is 0 Å². The van der Waals surface area contributed by atoms with E-state index in [4.69, 9.17) is 18.9 Å². The van der Waals surface area contributed by atoms with Gasteiger partial charge in [0.2, 0.25) is 5.91 Å². The number of hydrogen-bond acceptors (Lipinski definition) is 13. The number of amides is 1. The number of aliphatic hydroxyl groups is 8. The third-order valence-corrected chi connectivity index (χ3v) is 14.0. The van der Waals surface area contributed by atoms with E-state index in [1.807, 2.05) is 6.08 Å². The van der Waals surface area contributed by atoms with Crippen molar-refractivity contribution < 1.29 is 64.6 Å². The van der Waals surface area contributed by atoms with Gasteiger partial charge in [0.1, 0.15) is 48.8 Å². The third kappa shape index (κ3) is 29.9. The Balaban J connectivity index is 1.82. The number of rotatable bonds is 45. The number of unbranched alkanes of at least 4 members (excludes halogenated alkanes) is 26. The van der Waals surface area contributed by atoms with Crippen LogP contribution in [0.4, 0.5) is 0 Å². The third-order valence-electron chi connectivity index (χ3n) is 14.0. The van der Waals surface area contributed by atoms with Crippen molar-refractivity contribution in [3.63, 3.8) is 0 Å². The van der Waals surface area contributed by atoms with E-state index in [2.05, 4.69) is 55.6 Å². The SMILES string of the molecule is CCCCCCCC/C=C\CCCCCCCCCCCC(=O)NC(COC1OC(CO)C(OC2OC(CO)C(O)C(O)C2O)C(O)C1O)C(O)/C=C/CC/C=C/CC/C=C/CCCCCCCCCCC. The molecule has 14 heteroatoms. The maximum Gasteiger partial charge on any atom is 0.220 e. The number of aliphatic hydroxyl groups excluding tert-OH is 8. The molecule has 0 saturated carbocycles. The minimum Gasteiger partial charge on any atom is -0.394 e. The number of carbonyl (C=O) groups is 1. The second kappa shape index (κ2) is 44.1. The van der Waals surface area contributed by atoms with E-state index >= 15 is 0 Å². The lowest BCUT2D eigenvalue weighted by Crippen LogP contribution is -2.65. The maximum absolute atomic E-state index is 13.2. The van der Waals surface area contributed by atoms with Gasteiger partial charge in [-0.25, -0.2) is 0 Å². The molecule has 0 aromatic carbocycles. The van der Waals surface area contributed by atoms with Crippen LogP contribution in [0.1, 0.15) is 219 Å². The van der Waals surface area contributed by atoms with Crippen LogP contribution < -0.4 is 5.32 Å². The molecule has 0 radical (unpaired) electrons. The van der Waals surface area contributed by atoms with Crippen LogP contribution in [0.15, 0.2) is 48.6 Å². The lowest BCUT2D eigenvalue weighted by Gasteiger charge is -2.46. The summed E-state index contributed by atoms with van der Waals surface area (Å²) in [6.45, 7) is 2.77. The first kappa shape index (κ1) is 66.1. The molecule has 12 unspecified atom stereocenters. The minimum absolute atomic E-state index is 0.256. The van der Waals surface area contributed by atoms with Crippen molar-refractivity contribution in [3.8, 4) is 0 Å². The number of allylic oxidation sites excluding steroid dienone is 7. The molecular weight excluding hydrogens is 919 g/mol. The largest absolute Gasteiger partial charge is 0.394 e. The predicted molar refractivity (Wildman–Crippen MR) is 286 cm³/mol. The molecule has 2 aliphatic rings. The van der Waals surface area contributed by atoms with Crippen molar-refractivity contribution in [2.24, 2.45) is 0 Å². The van der Waals surface area contributed by atoms with Crippen LogP contribution in [0.3, 0.4) is 0 Å². The molecule has 2 rings (SSSR count). The summed E-state index contributed by atoms with van der Waals surface area (Å²) in [5.74, 6) is -0.256. The Kier molecular flexibility index (Phi) is 40.5. The van der Waals surface area contributed by atoms with Crippen molar-refractivity contribution in [2.45, 2.75) is 293 Å². The maximum atomic E-state index is 13.2. The van der Waals surface area contributed by atoms with Crippen molar-refractivity contribution >= 4 is 5.91 Å². The molecule has 2 aliphatic heterocycles. The molecule has 2 saturated heterocycles. The molecule has 2 fully saturated rings. The van der Waals surface area contributed by atoms with Gasteiger partial charge < -0.3 is 65.1 Å². The van der Waals surface area contributed by atoms with Crippen LogP contribution in [-0.4, -0.2) is 140 Å². The number of hydrogen-bond donors (Lipinski definition) is 9. The van der Waals surface area contributed by atoms with Gasteiger partial charge in [0.15, 0.2) is 12.6 Å². The summed E-state index contributed by atoms with van der Waals surface area (Å²) in [5.41, 5.74) is 0. The average molecular weight is 1020 g/mol. The highest BCUT2D eigenvalue weighted by Crippen LogP contribution is 2.30. The standard InChI is InChI=1S/C58H105NO13/c1-3-5-7-9-11-13-15-17-19-21-23-25-27-29-31-33-35-37-39-41-47(62)46(59-50(63)42-40-38-36-34-32-30-28-26-24-22-20-18-16-14-12-10-8-6-4-2)45-69-57-55(68)53(66)56(49(44-61)71-57)72-58-54(67)52(65)51(64)48(43-60)70-58/h18,20,23,25,31,33,39,41,46-49,51-58,60-62,64-68H,3-17,19,21-22,24,26-30,32,34-38,40,42-45H2,1-2H3,(H,59,63)/b20-18-,25-23+,33-31+,41-39+. The van der Waals surface area contributed by atoms with Gasteiger partial charge in [-0.2, -0.15) is 0 Å². The molecule has 12 atom stereocenters. The average Bonchev–Trinajstić information content (AvgIpc) is 3.38. The van der Waals surface area contributed by atoms with Crippen LogP contribution >= 0.6 is 0 Å². The van der Waals surface area contributed by atoms with Gasteiger partial charge in [-0.05, 0) is 70.6 Å². The van der Waals surface area contributed by atoms with Gasteiger partial charge in [0.25, 0.3) is 0 Å². The summed E-state index contributed by atoms with van der Waals surface area (Å²) in [6.07, 6.45) is 37.2. The van der Waals surface area contributed by atoms with Gasteiger partial charge >= 0.3 is 0 Å². The summed E-state index contributed by atoms with van der Waals surface area (Å²) in [5, 5.41) is 87.0. The molecular formula is C58H105NO13. The molecule has 0 spiro atoms. The first-order chi connectivity index (χ1) is 35.1. The zero-order valence-electron chi connectivity index (χ0n) is 44.9. The molecule has 9 N–H and O–H groups in total. The Bertz CT molecular complexity index is 1390. The van der Waals surface area contributed by atoms with Gasteiger partial charge in [-0.3, -0.25) is 4.79 Å². The molecule has 0 aromatic rings. The molecule has 420 valence electrons. The molecule has 0 aromatic heterocycles. The Morgan fingerprint density at radius 2 is 0.889 bits per heavy atom. The van der Waals surface area contributed by atoms with E-state index in [9.17, 15) is 45.6 Å². The van der Waals surface area contributed by atoms with Gasteiger partial charge in [0, 0.05) is 6.42 Å². The van der Waals surface area contributed by atoms with E-state index in [0.717, 1.165) is 44.9 Å². The summed E-state index contributed by atoms with van der Waals surface area (Å²) < 4.78 is 22.7. The Hall–Kier alpha value is -2.05. The van der Waals surface area contributed by atoms with E-state index in [1.165, 1.54) is 141 Å². The second-order valence-corrected chi connectivity index (χ2v) is 20.4. The monoisotopic (exact) mass is 1020 g/mol. The van der Waals surface area contributed by atoms with E-state index < -0.39 is 86.8 Å². The van der Waals surface area contributed by atoms with Gasteiger partial charge in [-0.1, -0.05) is 191 Å². The molecule has 0 aliphatic carbocycles. The van der Waals surface area contributed by atoms with Crippen LogP contribution in [-0.2, 0) is 23.7 Å². The Morgan fingerprint density at radius 3 is 1.36 bits per heavy atom. The number of carbonyl (C=O) groups excluding carboxylic acids is 1. The Morgan fingerprint density at radius 1 is 0.486 bits per heavy atom. The van der Waals surface area contributed by atoms with Crippen molar-refractivity contribution in [1.82, 2.24) is 5.32 Å². The Labute approximate surface area is 435 Å². The van der Waals surface area contributed by atoms with Crippen LogP contribution in [0.2, 0.25) is 0 Å². The second-order valence-electron chi connectivity index (χ2n) is 20.4. The molecule has 1 amide bonds. The topological polar surface area (TPSA) is 228 Å². The lowest BCUT2D eigenvalue weighted by atomic mass is 9.97. The highest BCUT2D eigenvalue weighted by atomic mass is 16.7. The zero-order chi connectivity index (χ0) is 52.4. The molecule has 2 heterocycles. The summed E-state index contributed by atoms with van der Waals surface area (Å²) in [7, 11) is 0. The predicted octanol–water partition coefficient (Wildman–Crippen LogP) is 9.22. The highest BCUT2D eigenvalue weighted by Gasteiger charge is 2.51. The molecule has 72 heavy (non-hydrogen) atoms. The van der Waals surface area contributed by atoms with Crippen LogP contribution in [0.5, 0.6) is 0 Å². The number of nitrogens with one attached hydrogen (secondary N) is 1. The summed E-state index contributed by atoms with van der Waals surface area (Å²) in [4.78, 5) is 13.2. The first-order valence-corrected chi connectivity index (χ1v) is 28.9. The van der Waals surface area contributed by atoms with E-state index in [1.54, 1.807) is 6.08 Å². The highest BCUT2D eigenvalue weighted by molar-refractivity contribution is 5.76. The summed E-state index contributed by atoms with van der Waals surface area (Å²) >= 11 is 0. The van der Waals surface area contributed by atoms with Crippen molar-refractivity contribution in [3.05, 3.63) is 48.6 Å². The fourth-order valence-corrected chi connectivity index (χ4v) is 9.26. The summed E-state index contributed by atoms with van der Waals surface area (Å²) in [6, 6.07) is -0.939. The zero-order valence-corrected chi connectivity index (χ0v) is 44.9. The van der Waals surface area contributed by atoms with Crippen molar-refractivity contribution in [1.29, 1.82) is 0 Å². The van der Waals surface area contributed by atoms with Gasteiger partial charge in [0.05, 0.1) is 32.0 Å². The van der Waals surface area contributed by atoms with E-state index in [0.29, 0.717) is 12.8 Å². The van der Waals surface area contributed by atoms with Crippen LogP contribution in [0, 0.1) is 0 Å².